The lowest BCUT2D eigenvalue weighted by Crippen LogP contribution is -2.37. The summed E-state index contributed by atoms with van der Waals surface area (Å²) in [6.45, 7) is 0. The number of carbonyl (C=O) groups excluding carboxylic acids is 1. The Morgan fingerprint density at radius 3 is 2.59 bits per heavy atom. The van der Waals surface area contributed by atoms with Gasteiger partial charge in [-0.15, -0.1) is 0 Å². The van der Waals surface area contributed by atoms with Gasteiger partial charge in [-0.2, -0.15) is 4.99 Å². The minimum Gasteiger partial charge on any atom is -0.316 e. The van der Waals surface area contributed by atoms with Crippen molar-refractivity contribution in [3.05, 3.63) is 30.3 Å². The number of rotatable bonds is 2. The van der Waals surface area contributed by atoms with Gasteiger partial charge >= 0.3 is 0 Å². The van der Waals surface area contributed by atoms with Crippen LogP contribution in [0.5, 0.6) is 0 Å². The predicted molar refractivity (Wildman–Crippen MR) is 87.9 cm³/mol. The molecule has 2 aliphatic heterocycles. The molecule has 0 N–H and O–H groups in total. The number of carbonyl (C=O) groups is 1. The lowest BCUT2D eigenvalue weighted by molar-refractivity contribution is -0.118. The number of aliphatic imine (C=N–C) groups is 1. The highest BCUT2D eigenvalue weighted by molar-refractivity contribution is 8.16. The molecule has 0 spiro atoms. The first kappa shape index (κ1) is 14.3. The van der Waals surface area contributed by atoms with Crippen LogP contribution in [-0.2, 0) is 14.6 Å². The van der Waals surface area contributed by atoms with Crippen LogP contribution in [0.4, 0.5) is 5.69 Å². The summed E-state index contributed by atoms with van der Waals surface area (Å²) < 4.78 is 23.8. The van der Waals surface area contributed by atoms with Gasteiger partial charge in [0.1, 0.15) is 0 Å². The topological polar surface area (TPSA) is 66.8 Å². The van der Waals surface area contributed by atoms with Gasteiger partial charge < -0.3 is 4.90 Å². The Morgan fingerprint density at radius 1 is 1.18 bits per heavy atom. The number of amidine groups is 1. The maximum Gasteiger partial charge on any atom is 0.251 e. The van der Waals surface area contributed by atoms with Crippen molar-refractivity contribution in [1.82, 2.24) is 0 Å². The third-order valence-corrected chi connectivity index (χ3v) is 7.44. The number of nitrogens with zero attached hydrogens (tertiary/aromatic N) is 2. The third kappa shape index (κ3) is 2.56. The molecular weight excluding hydrogens is 320 g/mol. The van der Waals surface area contributed by atoms with E-state index in [0.29, 0.717) is 5.17 Å². The Balaban J connectivity index is 1.71. The third-order valence-electron chi connectivity index (χ3n) is 4.23. The van der Waals surface area contributed by atoms with Crippen molar-refractivity contribution in [1.29, 1.82) is 0 Å². The second-order valence-electron chi connectivity index (χ2n) is 6.01. The van der Waals surface area contributed by atoms with E-state index in [1.165, 1.54) is 11.8 Å². The molecule has 2 heterocycles. The van der Waals surface area contributed by atoms with E-state index in [4.69, 9.17) is 0 Å². The normalized spacial score (nSPS) is 31.5. The van der Waals surface area contributed by atoms with Crippen LogP contribution in [0, 0.1) is 5.92 Å². The van der Waals surface area contributed by atoms with Crippen LogP contribution in [0.25, 0.3) is 0 Å². The smallest absolute Gasteiger partial charge is 0.251 e. The first-order valence-corrected chi connectivity index (χ1v) is 10.1. The van der Waals surface area contributed by atoms with Crippen LogP contribution in [0.1, 0.15) is 12.8 Å². The van der Waals surface area contributed by atoms with Crippen LogP contribution in [0.2, 0.25) is 0 Å². The minimum absolute atomic E-state index is 0.0315. The van der Waals surface area contributed by atoms with E-state index in [-0.39, 0.29) is 34.6 Å². The Bertz CT molecular complexity index is 741. The molecule has 3 fully saturated rings. The van der Waals surface area contributed by atoms with Crippen LogP contribution in [-0.4, -0.2) is 42.3 Å². The van der Waals surface area contributed by atoms with Gasteiger partial charge in [0.25, 0.3) is 5.91 Å². The van der Waals surface area contributed by atoms with Crippen molar-refractivity contribution >= 4 is 38.4 Å². The van der Waals surface area contributed by atoms with Gasteiger partial charge in [0, 0.05) is 16.9 Å². The number of hydrogen-bond acceptors (Lipinski definition) is 4. The lowest BCUT2D eigenvalue weighted by atomic mass is 10.2. The predicted octanol–water partition coefficient (Wildman–Crippen LogP) is 1.70. The highest BCUT2D eigenvalue weighted by atomic mass is 32.2. The largest absolute Gasteiger partial charge is 0.316 e. The van der Waals surface area contributed by atoms with Gasteiger partial charge in [0.05, 0.1) is 17.5 Å². The highest BCUT2D eigenvalue weighted by Crippen LogP contribution is 2.41. The fourth-order valence-corrected chi connectivity index (χ4v) is 6.89. The van der Waals surface area contributed by atoms with Crippen LogP contribution >= 0.6 is 11.8 Å². The van der Waals surface area contributed by atoms with Crippen molar-refractivity contribution < 1.29 is 13.2 Å². The first-order chi connectivity index (χ1) is 10.5. The summed E-state index contributed by atoms with van der Waals surface area (Å²) in [6.07, 6.45) is 1.85. The molecule has 7 heteroatoms. The average molecular weight is 336 g/mol. The number of fused-ring (bicyclic) bond motifs is 1. The van der Waals surface area contributed by atoms with Gasteiger partial charge in [-0.25, -0.2) is 8.42 Å². The van der Waals surface area contributed by atoms with Gasteiger partial charge in [-0.05, 0) is 25.0 Å². The zero-order valence-corrected chi connectivity index (χ0v) is 13.5. The molecule has 1 aromatic rings. The Morgan fingerprint density at radius 2 is 1.91 bits per heavy atom. The molecule has 5 nitrogen and oxygen atoms in total. The molecule has 2 saturated heterocycles. The number of sulfone groups is 1. The van der Waals surface area contributed by atoms with E-state index in [1.807, 2.05) is 35.2 Å². The molecule has 1 aromatic carbocycles. The molecule has 1 saturated carbocycles. The summed E-state index contributed by atoms with van der Waals surface area (Å²) >= 11 is 1.44. The molecule has 1 amide bonds. The van der Waals surface area contributed by atoms with Crippen molar-refractivity contribution in [2.75, 3.05) is 16.4 Å². The fraction of sp³-hybridized carbons (Fsp3) is 0.467. The number of para-hydroxylation sites is 1. The van der Waals surface area contributed by atoms with Crippen molar-refractivity contribution in [3.63, 3.8) is 0 Å². The SMILES string of the molecule is O=C(N=C1S[C@@H]2CS(=O)(=O)C[C@@H]2N1c1ccccc1)C1CC1. The lowest BCUT2D eigenvalue weighted by Gasteiger charge is -2.24. The highest BCUT2D eigenvalue weighted by Gasteiger charge is 2.49. The Labute approximate surface area is 133 Å². The zero-order valence-electron chi connectivity index (χ0n) is 11.9. The molecule has 4 rings (SSSR count). The number of anilines is 1. The Kier molecular flexibility index (Phi) is 3.30. The molecule has 2 atom stereocenters. The number of hydrogen-bond donors (Lipinski definition) is 0. The van der Waals surface area contributed by atoms with Crippen molar-refractivity contribution in [2.24, 2.45) is 10.9 Å². The van der Waals surface area contributed by atoms with Crippen LogP contribution in [0.15, 0.2) is 35.3 Å². The average Bonchev–Trinajstić information content (AvgIpc) is 3.21. The van der Waals surface area contributed by atoms with Crippen molar-refractivity contribution in [2.45, 2.75) is 24.1 Å². The van der Waals surface area contributed by atoms with Gasteiger partial charge in [0.2, 0.25) is 0 Å². The maximum absolute atomic E-state index is 12.0. The Hall–Kier alpha value is -1.34. The molecule has 0 radical (unpaired) electrons. The summed E-state index contributed by atoms with van der Waals surface area (Å²) in [5, 5.41) is 0.629. The monoisotopic (exact) mass is 336 g/mol. The minimum atomic E-state index is -3.00. The van der Waals surface area contributed by atoms with E-state index in [2.05, 4.69) is 4.99 Å². The van der Waals surface area contributed by atoms with Gasteiger partial charge in [0.15, 0.2) is 15.0 Å². The fourth-order valence-electron chi connectivity index (χ4n) is 2.97. The maximum atomic E-state index is 12.0. The summed E-state index contributed by atoms with van der Waals surface area (Å²) in [6, 6.07) is 9.49. The first-order valence-electron chi connectivity index (χ1n) is 7.37. The van der Waals surface area contributed by atoms with E-state index in [9.17, 15) is 13.2 Å². The van der Waals surface area contributed by atoms with E-state index in [0.717, 1.165) is 18.5 Å². The second kappa shape index (κ2) is 5.09. The summed E-state index contributed by atoms with van der Waals surface area (Å²) in [5.41, 5.74) is 0.905. The molecular formula is C15H16N2O3S2. The quantitative estimate of drug-likeness (QED) is 0.822. The molecule has 116 valence electrons. The molecule has 0 unspecified atom stereocenters. The van der Waals surface area contributed by atoms with Gasteiger partial charge in [-0.1, -0.05) is 30.0 Å². The van der Waals surface area contributed by atoms with Crippen LogP contribution < -0.4 is 4.90 Å². The number of thioether (sulfide) groups is 1. The van der Waals surface area contributed by atoms with E-state index < -0.39 is 9.84 Å². The number of benzene rings is 1. The molecule has 22 heavy (non-hydrogen) atoms. The summed E-state index contributed by atoms with van der Waals surface area (Å²) in [7, 11) is -3.00. The standard InChI is InChI=1S/C15H16N2O3S2/c18-14(10-6-7-10)16-15-17(11-4-2-1-3-5-11)12-8-22(19,20)9-13(12)21-15/h1-5,10,12-13H,6-9H2/t12-,13+/m0/s1. The summed E-state index contributed by atoms with van der Waals surface area (Å²) in [5.74, 6) is 0.319. The molecule has 1 aliphatic carbocycles. The summed E-state index contributed by atoms with van der Waals surface area (Å²) in [4.78, 5) is 18.3. The number of amides is 1. The van der Waals surface area contributed by atoms with Gasteiger partial charge in [-0.3, -0.25) is 4.79 Å². The van der Waals surface area contributed by atoms with E-state index >= 15 is 0 Å². The molecule has 0 aromatic heterocycles. The zero-order chi connectivity index (χ0) is 15.3. The van der Waals surface area contributed by atoms with Crippen molar-refractivity contribution in [3.8, 4) is 0 Å². The van der Waals surface area contributed by atoms with E-state index in [1.54, 1.807) is 0 Å². The molecule has 3 aliphatic rings. The second-order valence-corrected chi connectivity index (χ2v) is 9.37. The van der Waals surface area contributed by atoms with Crippen LogP contribution in [0.3, 0.4) is 0 Å². The molecule has 0 bridgehead atoms.